The van der Waals surface area contributed by atoms with E-state index in [1.54, 1.807) is 0 Å². The van der Waals surface area contributed by atoms with E-state index in [9.17, 15) is 13.6 Å². The Balaban J connectivity index is 2.77. The second kappa shape index (κ2) is 3.99. The molecule has 0 bridgehead atoms. The van der Waals surface area contributed by atoms with Crippen molar-refractivity contribution in [3.05, 3.63) is 29.8 Å². The topological polar surface area (TPSA) is 66.4 Å². The fraction of sp³-hybridized carbons (Fsp3) is 0. The predicted molar refractivity (Wildman–Crippen MR) is 41.4 cm³/mol. The smallest absolute Gasteiger partial charge is 0.150 e. The Morgan fingerprint density at radius 3 is 2.33 bits per heavy atom. The summed E-state index contributed by atoms with van der Waals surface area (Å²) in [6.07, 6.45) is 0.665. The first kappa shape index (κ1) is 8.89. The van der Waals surface area contributed by atoms with Gasteiger partial charge in [0.2, 0.25) is 0 Å². The Morgan fingerprint density at radius 1 is 1.33 bits per heavy atom. The fourth-order valence-corrected chi connectivity index (χ4v) is 0.949. The average Bonchev–Trinajstić information content (AvgIpc) is 2.05. The van der Waals surface area contributed by atoms with E-state index in [-0.39, 0.29) is 5.75 Å². The standard InChI is InChI=1S/C7H6O4S/c8-5-6-1-3-7(4-2-6)11-12(9)10/h1-5H,(H,9,10)/p-1. The average molecular weight is 185 g/mol. The molecule has 0 spiro atoms. The van der Waals surface area contributed by atoms with Crippen molar-refractivity contribution >= 4 is 17.6 Å². The van der Waals surface area contributed by atoms with E-state index in [1.165, 1.54) is 24.3 Å². The Bertz CT molecular complexity index is 293. The monoisotopic (exact) mass is 185 g/mol. The molecular weight excluding hydrogens is 180 g/mol. The van der Waals surface area contributed by atoms with Gasteiger partial charge in [0.25, 0.3) is 0 Å². The number of rotatable bonds is 3. The van der Waals surface area contributed by atoms with E-state index in [2.05, 4.69) is 4.18 Å². The lowest BCUT2D eigenvalue weighted by Gasteiger charge is -2.05. The maximum atomic E-state index is 10.2. The molecule has 0 N–H and O–H groups in total. The van der Waals surface area contributed by atoms with Crippen LogP contribution < -0.4 is 4.18 Å². The van der Waals surface area contributed by atoms with Crippen LogP contribution in [0.4, 0.5) is 0 Å². The third kappa shape index (κ3) is 2.44. The molecule has 0 aliphatic heterocycles. The lowest BCUT2D eigenvalue weighted by atomic mass is 10.2. The maximum absolute atomic E-state index is 10.2. The number of hydrogen-bond acceptors (Lipinski definition) is 4. The molecule has 5 heteroatoms. The fourth-order valence-electron chi connectivity index (χ4n) is 0.681. The molecule has 0 amide bonds. The van der Waals surface area contributed by atoms with Crippen LogP contribution >= 0.6 is 0 Å². The van der Waals surface area contributed by atoms with Crippen molar-refractivity contribution in [3.63, 3.8) is 0 Å². The van der Waals surface area contributed by atoms with Crippen molar-refractivity contribution in [3.8, 4) is 5.75 Å². The summed E-state index contributed by atoms with van der Waals surface area (Å²) in [7, 11) is 0. The van der Waals surface area contributed by atoms with Gasteiger partial charge in [-0.2, -0.15) is 0 Å². The molecule has 64 valence electrons. The van der Waals surface area contributed by atoms with Gasteiger partial charge < -0.3 is 8.74 Å². The summed E-state index contributed by atoms with van der Waals surface area (Å²) < 4.78 is 24.4. The second-order valence-corrected chi connectivity index (χ2v) is 2.55. The van der Waals surface area contributed by atoms with Gasteiger partial charge in [-0.3, -0.25) is 4.79 Å². The van der Waals surface area contributed by atoms with Crippen LogP contribution in [-0.4, -0.2) is 15.0 Å². The van der Waals surface area contributed by atoms with Gasteiger partial charge >= 0.3 is 0 Å². The summed E-state index contributed by atoms with van der Waals surface area (Å²) in [5.41, 5.74) is 0.471. The van der Waals surface area contributed by atoms with Gasteiger partial charge in [-0.15, -0.1) is 0 Å². The molecule has 0 saturated carbocycles. The number of benzene rings is 1. The van der Waals surface area contributed by atoms with E-state index in [1.807, 2.05) is 0 Å². The normalized spacial score (nSPS) is 12.1. The molecule has 0 fully saturated rings. The van der Waals surface area contributed by atoms with Crippen LogP contribution in [0.1, 0.15) is 10.4 Å². The summed E-state index contributed by atoms with van der Waals surface area (Å²) in [6.45, 7) is 0. The van der Waals surface area contributed by atoms with Crippen LogP contribution in [0.15, 0.2) is 24.3 Å². The lowest BCUT2D eigenvalue weighted by Crippen LogP contribution is -1.97. The largest absolute Gasteiger partial charge is 0.740 e. The minimum absolute atomic E-state index is 0.189. The zero-order valence-corrected chi connectivity index (χ0v) is 6.74. The molecule has 0 aromatic heterocycles. The summed E-state index contributed by atoms with van der Waals surface area (Å²) >= 11 is -2.56. The highest BCUT2D eigenvalue weighted by molar-refractivity contribution is 7.74. The van der Waals surface area contributed by atoms with Crippen molar-refractivity contribution < 1.29 is 17.7 Å². The first-order chi connectivity index (χ1) is 5.72. The molecule has 0 aliphatic rings. The van der Waals surface area contributed by atoms with E-state index >= 15 is 0 Å². The molecule has 4 nitrogen and oxygen atoms in total. The highest BCUT2D eigenvalue weighted by Gasteiger charge is 1.93. The lowest BCUT2D eigenvalue weighted by molar-refractivity contribution is 0.112. The van der Waals surface area contributed by atoms with Gasteiger partial charge in [-0.1, -0.05) is 0 Å². The van der Waals surface area contributed by atoms with Crippen molar-refractivity contribution in [1.29, 1.82) is 0 Å². The van der Waals surface area contributed by atoms with Crippen LogP contribution in [-0.2, 0) is 11.4 Å². The third-order valence-corrected chi connectivity index (χ3v) is 1.51. The molecule has 1 atom stereocenters. The first-order valence-corrected chi connectivity index (χ1v) is 4.05. The Hall–Kier alpha value is -1.20. The highest BCUT2D eigenvalue weighted by Crippen LogP contribution is 2.11. The summed E-state index contributed by atoms with van der Waals surface area (Å²) in [6, 6.07) is 5.74. The number of carbonyl (C=O) groups is 1. The van der Waals surface area contributed by atoms with Crippen molar-refractivity contribution in [2.75, 3.05) is 0 Å². The van der Waals surface area contributed by atoms with Crippen molar-refractivity contribution in [2.45, 2.75) is 0 Å². The second-order valence-electron chi connectivity index (χ2n) is 1.97. The van der Waals surface area contributed by atoms with Crippen LogP contribution in [0.5, 0.6) is 5.75 Å². The molecule has 0 saturated heterocycles. The predicted octanol–water partition coefficient (Wildman–Crippen LogP) is 0.672. The van der Waals surface area contributed by atoms with Crippen LogP contribution in [0.25, 0.3) is 0 Å². The molecule has 0 radical (unpaired) electrons. The quantitative estimate of drug-likeness (QED) is 0.512. The minimum Gasteiger partial charge on any atom is -0.740 e. The maximum Gasteiger partial charge on any atom is 0.150 e. The SMILES string of the molecule is O=Cc1ccc(OS(=O)[O-])cc1. The van der Waals surface area contributed by atoms with E-state index < -0.39 is 11.4 Å². The molecule has 1 unspecified atom stereocenters. The number of hydrogen-bond donors (Lipinski definition) is 0. The minimum atomic E-state index is -2.56. The molecule has 12 heavy (non-hydrogen) atoms. The molecule has 1 aromatic rings. The van der Waals surface area contributed by atoms with Gasteiger partial charge in [0.05, 0.1) is 0 Å². The van der Waals surface area contributed by atoms with Gasteiger partial charge in [0.1, 0.15) is 23.4 Å². The first-order valence-electron chi connectivity index (χ1n) is 3.05. The molecule has 0 aliphatic carbocycles. The molecule has 1 rings (SSSR count). The molecular formula is C7H5O4S-. The molecule has 1 aromatic carbocycles. The zero-order valence-electron chi connectivity index (χ0n) is 5.93. The zero-order chi connectivity index (χ0) is 8.97. The van der Waals surface area contributed by atoms with Gasteiger partial charge in [0.15, 0.2) is 0 Å². The summed E-state index contributed by atoms with van der Waals surface area (Å²) in [4.78, 5) is 10.2. The molecule has 0 heterocycles. The van der Waals surface area contributed by atoms with E-state index in [0.717, 1.165) is 0 Å². The Morgan fingerprint density at radius 2 is 1.92 bits per heavy atom. The van der Waals surface area contributed by atoms with Gasteiger partial charge in [0, 0.05) is 5.56 Å². The third-order valence-electron chi connectivity index (χ3n) is 1.18. The van der Waals surface area contributed by atoms with Crippen molar-refractivity contribution in [2.24, 2.45) is 0 Å². The van der Waals surface area contributed by atoms with Crippen molar-refractivity contribution in [1.82, 2.24) is 0 Å². The number of aldehydes is 1. The van der Waals surface area contributed by atoms with Gasteiger partial charge in [-0.25, -0.2) is 4.21 Å². The van der Waals surface area contributed by atoms with Crippen LogP contribution in [0.3, 0.4) is 0 Å². The Labute approximate surface area is 71.7 Å². The van der Waals surface area contributed by atoms with Crippen LogP contribution in [0.2, 0.25) is 0 Å². The summed E-state index contributed by atoms with van der Waals surface area (Å²) in [5, 5.41) is 0. The Kier molecular flexibility index (Phi) is 2.95. The number of carbonyl (C=O) groups excluding carboxylic acids is 1. The van der Waals surface area contributed by atoms with Gasteiger partial charge in [-0.05, 0) is 24.3 Å². The van der Waals surface area contributed by atoms with E-state index in [4.69, 9.17) is 0 Å². The van der Waals surface area contributed by atoms with Crippen LogP contribution in [0, 0.1) is 0 Å². The van der Waals surface area contributed by atoms with E-state index in [0.29, 0.717) is 11.8 Å². The summed E-state index contributed by atoms with van der Waals surface area (Å²) in [5.74, 6) is 0.189. The highest BCUT2D eigenvalue weighted by atomic mass is 32.2.